The molecule has 4 N–H and O–H groups in total. The van der Waals surface area contributed by atoms with Gasteiger partial charge in [0.15, 0.2) is 0 Å². The van der Waals surface area contributed by atoms with Gasteiger partial charge in [0.05, 0.1) is 23.2 Å². The number of aromatic amines is 2. The zero-order valence-electron chi connectivity index (χ0n) is 15.8. The van der Waals surface area contributed by atoms with Gasteiger partial charge in [-0.25, -0.2) is 4.98 Å². The molecule has 0 spiro atoms. The molecule has 0 radical (unpaired) electrons. The van der Waals surface area contributed by atoms with Crippen molar-refractivity contribution >= 4 is 16.9 Å². The molecule has 2 heterocycles. The number of aliphatic hydroxyl groups is 1. The number of carbonyl (C=O) groups excluding carboxylic acids is 1. The summed E-state index contributed by atoms with van der Waals surface area (Å²) >= 11 is 0. The van der Waals surface area contributed by atoms with E-state index in [9.17, 15) is 9.90 Å². The van der Waals surface area contributed by atoms with Crippen LogP contribution in [0.5, 0.6) is 0 Å². The number of nitrogens with zero attached hydrogens (tertiary/aromatic N) is 1. The van der Waals surface area contributed by atoms with Crippen molar-refractivity contribution < 1.29 is 9.90 Å². The summed E-state index contributed by atoms with van der Waals surface area (Å²) in [6, 6.07) is 7.57. The van der Waals surface area contributed by atoms with Crippen LogP contribution in [0, 0.1) is 19.8 Å². The molecule has 0 bridgehead atoms. The number of para-hydroxylation sites is 2. The molecule has 2 aromatic heterocycles. The van der Waals surface area contributed by atoms with Crippen LogP contribution in [0.4, 0.5) is 0 Å². The summed E-state index contributed by atoms with van der Waals surface area (Å²) in [7, 11) is 0. The van der Waals surface area contributed by atoms with Gasteiger partial charge in [-0.1, -0.05) is 26.0 Å². The Bertz CT molecular complexity index is 904. The molecule has 2 atom stereocenters. The first-order chi connectivity index (χ1) is 12.3. The summed E-state index contributed by atoms with van der Waals surface area (Å²) in [5.41, 5.74) is 4.69. The SMILES string of the molecule is Cc1[nH]c(C(=O)N[C@@H](c2nc3ccccc3[nH]2)C(C)C)c(C)c1[C@H](C)O. The zero-order chi connectivity index (χ0) is 19.0. The molecule has 0 aliphatic heterocycles. The molecular weight excluding hydrogens is 328 g/mol. The van der Waals surface area contributed by atoms with Crippen molar-refractivity contribution in [2.75, 3.05) is 0 Å². The molecule has 1 aromatic carbocycles. The normalized spacial score (nSPS) is 14.0. The molecule has 0 saturated carbocycles. The van der Waals surface area contributed by atoms with Crippen LogP contribution in [0.15, 0.2) is 24.3 Å². The van der Waals surface area contributed by atoms with Gasteiger partial charge in [0.25, 0.3) is 5.91 Å². The Balaban J connectivity index is 1.91. The van der Waals surface area contributed by atoms with Crippen molar-refractivity contribution in [3.05, 3.63) is 52.6 Å². The maximum Gasteiger partial charge on any atom is 0.268 e. The Morgan fingerprint density at radius 3 is 2.42 bits per heavy atom. The number of fused-ring (bicyclic) bond motifs is 1. The van der Waals surface area contributed by atoms with E-state index in [2.05, 4.69) is 20.3 Å². The second-order valence-electron chi connectivity index (χ2n) is 7.17. The van der Waals surface area contributed by atoms with Gasteiger partial charge in [0.2, 0.25) is 0 Å². The zero-order valence-corrected chi connectivity index (χ0v) is 15.8. The van der Waals surface area contributed by atoms with Crippen molar-refractivity contribution in [3.63, 3.8) is 0 Å². The molecule has 0 fully saturated rings. The minimum Gasteiger partial charge on any atom is -0.389 e. The fraction of sp³-hybridized carbons (Fsp3) is 0.400. The van der Waals surface area contributed by atoms with E-state index in [0.29, 0.717) is 5.69 Å². The van der Waals surface area contributed by atoms with E-state index >= 15 is 0 Å². The van der Waals surface area contributed by atoms with Gasteiger partial charge >= 0.3 is 0 Å². The number of H-pyrrole nitrogens is 2. The molecule has 1 amide bonds. The number of carbonyl (C=O) groups is 1. The number of rotatable bonds is 5. The summed E-state index contributed by atoms with van der Waals surface area (Å²) in [5, 5.41) is 13.0. The van der Waals surface area contributed by atoms with Crippen LogP contribution in [-0.2, 0) is 0 Å². The van der Waals surface area contributed by atoms with E-state index in [1.54, 1.807) is 6.92 Å². The fourth-order valence-corrected chi connectivity index (χ4v) is 3.50. The highest BCUT2D eigenvalue weighted by molar-refractivity contribution is 5.94. The van der Waals surface area contributed by atoms with E-state index < -0.39 is 6.10 Å². The van der Waals surface area contributed by atoms with Crippen molar-refractivity contribution in [1.29, 1.82) is 0 Å². The second-order valence-corrected chi connectivity index (χ2v) is 7.17. The number of nitrogens with one attached hydrogen (secondary N) is 3. The fourth-order valence-electron chi connectivity index (χ4n) is 3.50. The minimum atomic E-state index is -0.621. The third-order valence-electron chi connectivity index (χ3n) is 4.80. The Kier molecular flexibility index (Phi) is 4.87. The van der Waals surface area contributed by atoms with Gasteiger partial charge in [-0.05, 0) is 44.4 Å². The average molecular weight is 354 g/mol. The molecule has 0 unspecified atom stereocenters. The Hall–Kier alpha value is -2.60. The number of hydrogen-bond donors (Lipinski definition) is 4. The minimum absolute atomic E-state index is 0.159. The first kappa shape index (κ1) is 18.2. The summed E-state index contributed by atoms with van der Waals surface area (Å²) in [5.74, 6) is 0.704. The molecule has 138 valence electrons. The van der Waals surface area contributed by atoms with E-state index in [0.717, 1.165) is 33.7 Å². The first-order valence-corrected chi connectivity index (χ1v) is 8.92. The topological polar surface area (TPSA) is 93.8 Å². The predicted molar refractivity (Wildman–Crippen MR) is 102 cm³/mol. The maximum absolute atomic E-state index is 12.9. The average Bonchev–Trinajstić information content (AvgIpc) is 3.12. The third kappa shape index (κ3) is 3.24. The van der Waals surface area contributed by atoms with Crippen LogP contribution in [0.2, 0.25) is 0 Å². The van der Waals surface area contributed by atoms with E-state index in [1.807, 2.05) is 52.0 Å². The molecule has 3 rings (SSSR count). The smallest absolute Gasteiger partial charge is 0.268 e. The van der Waals surface area contributed by atoms with Crippen LogP contribution in [-0.4, -0.2) is 26.0 Å². The molecule has 26 heavy (non-hydrogen) atoms. The largest absolute Gasteiger partial charge is 0.389 e. The highest BCUT2D eigenvalue weighted by Crippen LogP contribution is 2.26. The maximum atomic E-state index is 12.9. The highest BCUT2D eigenvalue weighted by atomic mass is 16.3. The Morgan fingerprint density at radius 1 is 1.15 bits per heavy atom. The van der Waals surface area contributed by atoms with E-state index in [4.69, 9.17) is 0 Å². The number of benzene rings is 1. The molecule has 3 aromatic rings. The Labute approximate surface area is 153 Å². The van der Waals surface area contributed by atoms with Gasteiger partial charge in [0, 0.05) is 11.3 Å². The van der Waals surface area contributed by atoms with E-state index in [1.165, 1.54) is 0 Å². The lowest BCUT2D eigenvalue weighted by atomic mass is 10.0. The van der Waals surface area contributed by atoms with Gasteiger partial charge in [0.1, 0.15) is 11.5 Å². The monoisotopic (exact) mass is 354 g/mol. The number of hydrogen-bond acceptors (Lipinski definition) is 3. The van der Waals surface area contributed by atoms with Crippen LogP contribution >= 0.6 is 0 Å². The van der Waals surface area contributed by atoms with Crippen LogP contribution in [0.1, 0.15) is 66.1 Å². The van der Waals surface area contributed by atoms with Gasteiger partial charge in [-0.2, -0.15) is 0 Å². The summed E-state index contributed by atoms with van der Waals surface area (Å²) in [6.07, 6.45) is -0.621. The standard InChI is InChI=1S/C20H26N4O2/c1-10(2)17(19-22-14-8-6-7-9-15(14)23-19)24-20(26)18-11(3)16(13(5)25)12(4)21-18/h6-10,13,17,21,25H,1-5H3,(H,22,23)(H,24,26)/t13-,17+/m0/s1. The number of amides is 1. The highest BCUT2D eigenvalue weighted by Gasteiger charge is 2.25. The number of aliphatic hydroxyl groups excluding tert-OH is 1. The van der Waals surface area contributed by atoms with Gasteiger partial charge < -0.3 is 20.4 Å². The van der Waals surface area contributed by atoms with Crippen LogP contribution in [0.25, 0.3) is 11.0 Å². The molecule has 6 heteroatoms. The number of imidazole rings is 1. The van der Waals surface area contributed by atoms with Gasteiger partial charge in [-0.15, -0.1) is 0 Å². The van der Waals surface area contributed by atoms with Crippen molar-refractivity contribution in [2.24, 2.45) is 5.92 Å². The van der Waals surface area contributed by atoms with Crippen molar-refractivity contribution in [2.45, 2.75) is 46.8 Å². The lowest BCUT2D eigenvalue weighted by molar-refractivity contribution is 0.0918. The first-order valence-electron chi connectivity index (χ1n) is 8.92. The van der Waals surface area contributed by atoms with Crippen LogP contribution < -0.4 is 5.32 Å². The van der Waals surface area contributed by atoms with Crippen molar-refractivity contribution in [1.82, 2.24) is 20.3 Å². The van der Waals surface area contributed by atoms with Crippen LogP contribution in [0.3, 0.4) is 0 Å². The summed E-state index contributed by atoms with van der Waals surface area (Å²) in [6.45, 7) is 9.52. The quantitative estimate of drug-likeness (QED) is 0.563. The Morgan fingerprint density at radius 2 is 1.85 bits per heavy atom. The summed E-state index contributed by atoms with van der Waals surface area (Å²) < 4.78 is 0. The third-order valence-corrected chi connectivity index (χ3v) is 4.80. The molecule has 6 nitrogen and oxygen atoms in total. The number of aromatic nitrogens is 3. The van der Waals surface area contributed by atoms with Crippen molar-refractivity contribution in [3.8, 4) is 0 Å². The summed E-state index contributed by atoms with van der Waals surface area (Å²) in [4.78, 5) is 23.9. The van der Waals surface area contributed by atoms with Gasteiger partial charge in [-0.3, -0.25) is 4.79 Å². The predicted octanol–water partition coefficient (Wildman–Crippen LogP) is 3.69. The lowest BCUT2D eigenvalue weighted by Crippen LogP contribution is -2.33. The lowest BCUT2D eigenvalue weighted by Gasteiger charge is -2.20. The molecule has 0 aliphatic rings. The molecular formula is C20H26N4O2. The molecule has 0 aliphatic carbocycles. The van der Waals surface area contributed by atoms with E-state index in [-0.39, 0.29) is 17.9 Å². The number of aryl methyl sites for hydroxylation is 1. The molecule has 0 saturated heterocycles. The second kappa shape index (κ2) is 6.96.